The largest absolute Gasteiger partial charge is 0.331 e. The summed E-state index contributed by atoms with van der Waals surface area (Å²) in [5.74, 6) is 0. The second kappa shape index (κ2) is 6.71. The number of aromatic nitrogens is 2. The molecule has 2 aromatic rings. The third-order valence-electron chi connectivity index (χ3n) is 3.59. The van der Waals surface area contributed by atoms with Gasteiger partial charge in [-0.15, -0.1) is 0 Å². The molecular formula is C15H21BrN2S. The molecule has 1 atom stereocenters. The summed E-state index contributed by atoms with van der Waals surface area (Å²) in [5.41, 5.74) is 2.32. The van der Waals surface area contributed by atoms with E-state index in [-0.39, 0.29) is 0 Å². The summed E-state index contributed by atoms with van der Waals surface area (Å²) in [4.78, 5) is 3.30. The lowest BCUT2D eigenvalue weighted by atomic mass is 10.1. The number of benzene rings is 1. The molecule has 0 aliphatic heterocycles. The van der Waals surface area contributed by atoms with Crippen molar-refractivity contribution in [1.29, 1.82) is 0 Å². The van der Waals surface area contributed by atoms with Crippen molar-refractivity contribution in [2.45, 2.75) is 52.0 Å². The van der Waals surface area contributed by atoms with Crippen LogP contribution in [0.5, 0.6) is 0 Å². The molecule has 1 N–H and O–H groups in total. The first-order valence-corrected chi connectivity index (χ1v) is 8.23. The van der Waals surface area contributed by atoms with Crippen molar-refractivity contribution in [2.24, 2.45) is 0 Å². The Labute approximate surface area is 128 Å². The first kappa shape index (κ1) is 14.8. The molecule has 1 aromatic carbocycles. The van der Waals surface area contributed by atoms with E-state index in [2.05, 4.69) is 57.5 Å². The van der Waals surface area contributed by atoms with Crippen LogP contribution in [-0.4, -0.2) is 9.55 Å². The summed E-state index contributed by atoms with van der Waals surface area (Å²) < 4.78 is 4.17. The van der Waals surface area contributed by atoms with Gasteiger partial charge in [-0.3, -0.25) is 0 Å². The smallest absolute Gasteiger partial charge is 0.178 e. The predicted molar refractivity (Wildman–Crippen MR) is 88.3 cm³/mol. The lowest BCUT2D eigenvalue weighted by Crippen LogP contribution is -2.05. The standard InChI is InChI=1S/C15H21BrN2S/c1-3-4-5-6-7-11(2)18-14-9-8-12(16)10-13(14)17-15(18)19/h8-11H,3-7H2,1-2H3,(H,17,19). The Hall–Kier alpha value is -0.610. The maximum atomic E-state index is 5.47. The molecule has 0 saturated carbocycles. The van der Waals surface area contributed by atoms with Crippen molar-refractivity contribution >= 4 is 39.2 Å². The molecule has 19 heavy (non-hydrogen) atoms. The van der Waals surface area contributed by atoms with E-state index in [1.807, 2.05) is 0 Å². The van der Waals surface area contributed by atoms with Gasteiger partial charge in [0.2, 0.25) is 0 Å². The molecule has 0 radical (unpaired) electrons. The predicted octanol–water partition coefficient (Wildman–Crippen LogP) is 5.99. The van der Waals surface area contributed by atoms with E-state index < -0.39 is 0 Å². The third kappa shape index (κ3) is 3.48. The molecule has 2 rings (SSSR count). The second-order valence-corrected chi connectivity index (χ2v) is 6.46. The number of halogens is 1. The van der Waals surface area contributed by atoms with Crippen LogP contribution in [0.2, 0.25) is 0 Å². The van der Waals surface area contributed by atoms with Gasteiger partial charge >= 0.3 is 0 Å². The minimum absolute atomic E-state index is 0.458. The van der Waals surface area contributed by atoms with Gasteiger partial charge in [-0.25, -0.2) is 0 Å². The van der Waals surface area contributed by atoms with Crippen molar-refractivity contribution in [3.63, 3.8) is 0 Å². The van der Waals surface area contributed by atoms with E-state index in [1.54, 1.807) is 0 Å². The van der Waals surface area contributed by atoms with Gasteiger partial charge in [-0.1, -0.05) is 48.5 Å². The lowest BCUT2D eigenvalue weighted by Gasteiger charge is -2.14. The maximum absolute atomic E-state index is 5.47. The Kier molecular flexibility index (Phi) is 5.22. The zero-order valence-electron chi connectivity index (χ0n) is 11.6. The monoisotopic (exact) mass is 340 g/mol. The number of fused-ring (bicyclic) bond motifs is 1. The van der Waals surface area contributed by atoms with Gasteiger partial charge in [-0.2, -0.15) is 0 Å². The highest BCUT2D eigenvalue weighted by molar-refractivity contribution is 9.10. The summed E-state index contributed by atoms with van der Waals surface area (Å²) in [6.45, 7) is 4.51. The van der Waals surface area contributed by atoms with Crippen LogP contribution in [0, 0.1) is 4.77 Å². The number of aromatic amines is 1. The van der Waals surface area contributed by atoms with E-state index in [0.29, 0.717) is 6.04 Å². The molecule has 0 spiro atoms. The average Bonchev–Trinajstić information content (AvgIpc) is 2.69. The van der Waals surface area contributed by atoms with Crippen molar-refractivity contribution < 1.29 is 0 Å². The molecule has 0 saturated heterocycles. The molecular weight excluding hydrogens is 320 g/mol. The van der Waals surface area contributed by atoms with Crippen LogP contribution in [0.25, 0.3) is 11.0 Å². The SMILES string of the molecule is CCCCCCC(C)n1c(=S)[nH]c2cc(Br)ccc21. The van der Waals surface area contributed by atoms with Crippen molar-refractivity contribution in [3.05, 3.63) is 27.4 Å². The molecule has 4 heteroatoms. The molecule has 0 bridgehead atoms. The fourth-order valence-electron chi connectivity index (χ4n) is 2.54. The number of nitrogens with one attached hydrogen (secondary N) is 1. The zero-order chi connectivity index (χ0) is 13.8. The van der Waals surface area contributed by atoms with Crippen LogP contribution in [0.15, 0.2) is 22.7 Å². The van der Waals surface area contributed by atoms with Crippen molar-refractivity contribution in [3.8, 4) is 0 Å². The van der Waals surface area contributed by atoms with Crippen LogP contribution in [0.4, 0.5) is 0 Å². The van der Waals surface area contributed by atoms with Crippen LogP contribution >= 0.6 is 28.1 Å². The molecule has 1 unspecified atom stereocenters. The fourth-order valence-corrected chi connectivity index (χ4v) is 3.29. The number of imidazole rings is 1. The Bertz CT molecular complexity index is 600. The average molecular weight is 341 g/mol. The normalized spacial score (nSPS) is 13.0. The summed E-state index contributed by atoms with van der Waals surface area (Å²) >= 11 is 8.97. The maximum Gasteiger partial charge on any atom is 0.178 e. The molecule has 1 aromatic heterocycles. The van der Waals surface area contributed by atoms with E-state index in [0.717, 1.165) is 14.8 Å². The van der Waals surface area contributed by atoms with E-state index in [9.17, 15) is 0 Å². The third-order valence-corrected chi connectivity index (χ3v) is 4.39. The van der Waals surface area contributed by atoms with Gasteiger partial charge in [0.15, 0.2) is 4.77 Å². The summed E-state index contributed by atoms with van der Waals surface area (Å²) in [7, 11) is 0. The number of rotatable bonds is 6. The highest BCUT2D eigenvalue weighted by Crippen LogP contribution is 2.25. The van der Waals surface area contributed by atoms with Crippen LogP contribution in [0.3, 0.4) is 0 Å². The van der Waals surface area contributed by atoms with Gasteiger partial charge in [-0.05, 0) is 43.8 Å². The quantitative estimate of drug-likeness (QED) is 0.505. The Morgan fingerprint density at radius 1 is 1.32 bits per heavy atom. The summed E-state index contributed by atoms with van der Waals surface area (Å²) in [6.07, 6.45) is 6.41. The van der Waals surface area contributed by atoms with Crippen LogP contribution in [-0.2, 0) is 0 Å². The number of H-pyrrole nitrogens is 1. The second-order valence-electron chi connectivity index (χ2n) is 5.16. The van der Waals surface area contributed by atoms with Gasteiger partial charge < -0.3 is 9.55 Å². The van der Waals surface area contributed by atoms with E-state index in [4.69, 9.17) is 12.2 Å². The highest BCUT2D eigenvalue weighted by Gasteiger charge is 2.11. The molecule has 0 aliphatic rings. The number of nitrogens with zero attached hydrogens (tertiary/aromatic N) is 1. The van der Waals surface area contributed by atoms with E-state index in [1.165, 1.54) is 37.6 Å². The number of unbranched alkanes of at least 4 members (excludes halogenated alkanes) is 3. The van der Waals surface area contributed by atoms with Crippen molar-refractivity contribution in [2.75, 3.05) is 0 Å². The molecule has 0 fully saturated rings. The zero-order valence-corrected chi connectivity index (χ0v) is 14.0. The Balaban J connectivity index is 2.19. The molecule has 0 aliphatic carbocycles. The lowest BCUT2D eigenvalue weighted by molar-refractivity contribution is 0.478. The van der Waals surface area contributed by atoms with Gasteiger partial charge in [0, 0.05) is 10.5 Å². The number of hydrogen-bond donors (Lipinski definition) is 1. The Morgan fingerprint density at radius 2 is 2.11 bits per heavy atom. The number of hydrogen-bond acceptors (Lipinski definition) is 1. The van der Waals surface area contributed by atoms with Crippen LogP contribution < -0.4 is 0 Å². The van der Waals surface area contributed by atoms with Gasteiger partial charge in [0.05, 0.1) is 11.0 Å². The molecule has 104 valence electrons. The summed E-state index contributed by atoms with van der Waals surface area (Å²) in [5, 5.41) is 0. The minimum atomic E-state index is 0.458. The van der Waals surface area contributed by atoms with E-state index >= 15 is 0 Å². The molecule has 1 heterocycles. The van der Waals surface area contributed by atoms with Crippen LogP contribution in [0.1, 0.15) is 52.0 Å². The molecule has 0 amide bonds. The summed E-state index contributed by atoms with van der Waals surface area (Å²) in [6, 6.07) is 6.75. The van der Waals surface area contributed by atoms with Crippen molar-refractivity contribution in [1.82, 2.24) is 9.55 Å². The minimum Gasteiger partial charge on any atom is -0.331 e. The van der Waals surface area contributed by atoms with Gasteiger partial charge in [0.25, 0.3) is 0 Å². The first-order valence-electron chi connectivity index (χ1n) is 7.03. The topological polar surface area (TPSA) is 20.7 Å². The molecule has 2 nitrogen and oxygen atoms in total. The van der Waals surface area contributed by atoms with Gasteiger partial charge in [0.1, 0.15) is 0 Å². The Morgan fingerprint density at radius 3 is 2.84 bits per heavy atom. The highest BCUT2D eigenvalue weighted by atomic mass is 79.9. The first-order chi connectivity index (χ1) is 9.13. The fraction of sp³-hybridized carbons (Fsp3) is 0.533.